The largest absolute Gasteiger partial charge is 0.496 e. The summed E-state index contributed by atoms with van der Waals surface area (Å²) in [6.07, 6.45) is 8.32. The first-order chi connectivity index (χ1) is 27.5. The number of rotatable bonds is 8. The summed E-state index contributed by atoms with van der Waals surface area (Å²) in [6, 6.07) is 14.0. The Kier molecular flexibility index (Phi) is 11.1. The Hall–Kier alpha value is -2.78. The number of carbonyl (C=O) groups is 1. The average Bonchev–Trinajstić information content (AvgIpc) is 3.90. The molecule has 1 saturated heterocycles. The van der Waals surface area contributed by atoms with Gasteiger partial charge in [-0.3, -0.25) is 9.80 Å². The van der Waals surface area contributed by atoms with Crippen molar-refractivity contribution in [2.75, 3.05) is 66.1 Å². The first-order valence-electron chi connectivity index (χ1n) is 20.5. The van der Waals surface area contributed by atoms with Crippen molar-refractivity contribution in [3.8, 4) is 11.8 Å². The molecule has 12 nitrogen and oxygen atoms in total. The Morgan fingerprint density at radius 2 is 1.88 bits per heavy atom. The van der Waals surface area contributed by atoms with Crippen molar-refractivity contribution in [1.29, 1.82) is 5.26 Å². The summed E-state index contributed by atoms with van der Waals surface area (Å²) < 4.78 is 11.8. The number of anilines is 1. The second-order valence-corrected chi connectivity index (χ2v) is 17.2. The summed E-state index contributed by atoms with van der Waals surface area (Å²) in [5.41, 5.74) is 2.29. The molecular formula is C45H55AcN5O7. The fourth-order valence-corrected chi connectivity index (χ4v) is 13.0. The number of nitrogens with one attached hydrogen (secondary N) is 1. The quantitative estimate of drug-likeness (QED) is 0.127. The van der Waals surface area contributed by atoms with Crippen molar-refractivity contribution in [2.45, 2.75) is 86.6 Å². The molecule has 3 N–H and O–H groups in total. The minimum Gasteiger partial charge on any atom is -0.496 e. The number of ether oxygens (including phenoxy) is 2. The molecule has 1 aromatic heterocycles. The molecular weight excluding hydrogens is 950 g/mol. The predicted octanol–water partition coefficient (Wildman–Crippen LogP) is 4.52. The molecule has 2 aromatic carbocycles. The number of nitrogens with zero attached hydrogens (tertiary/aromatic N) is 4. The van der Waals surface area contributed by atoms with Crippen molar-refractivity contribution in [1.82, 2.24) is 14.8 Å². The van der Waals surface area contributed by atoms with Gasteiger partial charge in [-0.1, -0.05) is 50.3 Å². The van der Waals surface area contributed by atoms with E-state index in [1.807, 2.05) is 24.9 Å². The van der Waals surface area contributed by atoms with Crippen LogP contribution in [0.1, 0.15) is 61.9 Å². The number of hydrogen-bond donors (Lipinski definition) is 3. The summed E-state index contributed by atoms with van der Waals surface area (Å²) >= 11 is 0. The number of aliphatic hydroxyl groups is 2. The van der Waals surface area contributed by atoms with Crippen LogP contribution in [-0.2, 0) is 36.6 Å². The molecule has 5 aliphatic heterocycles. The number of aromatic nitrogens is 1. The maximum atomic E-state index is 14.1. The molecule has 9 rings (SSSR count). The second kappa shape index (κ2) is 15.3. The van der Waals surface area contributed by atoms with Crippen LogP contribution in [0.15, 0.2) is 60.2 Å². The van der Waals surface area contributed by atoms with Crippen molar-refractivity contribution >= 4 is 22.6 Å². The van der Waals surface area contributed by atoms with Crippen LogP contribution in [0.25, 0.3) is 10.9 Å². The van der Waals surface area contributed by atoms with Gasteiger partial charge >= 0.3 is 5.97 Å². The van der Waals surface area contributed by atoms with Crippen molar-refractivity contribution in [3.05, 3.63) is 82.6 Å². The molecule has 1 spiro atoms. The van der Waals surface area contributed by atoms with E-state index in [0.717, 1.165) is 58.5 Å². The fraction of sp³-hybridized carbons (Fsp3) is 0.556. The summed E-state index contributed by atoms with van der Waals surface area (Å²) in [5.74, 6) is -0.139. The van der Waals surface area contributed by atoms with Crippen LogP contribution < -0.4 is 9.64 Å². The molecule has 1 aliphatic carbocycles. The molecule has 0 amide bonds. The van der Waals surface area contributed by atoms with E-state index in [2.05, 4.69) is 76.3 Å². The van der Waals surface area contributed by atoms with E-state index in [1.165, 1.54) is 19.8 Å². The number of para-hydroxylation sites is 1. The molecule has 3 aromatic rings. The minimum absolute atomic E-state index is 0. The third-order valence-corrected chi connectivity index (χ3v) is 15.1. The number of fused-ring (bicyclic) bond motifs is 6. The van der Waals surface area contributed by atoms with Gasteiger partial charge in [0.15, 0.2) is 0 Å². The van der Waals surface area contributed by atoms with Gasteiger partial charge in [0.1, 0.15) is 17.9 Å². The van der Waals surface area contributed by atoms with Crippen molar-refractivity contribution in [3.63, 3.8) is 0 Å². The molecule has 6 aliphatic rings. The van der Waals surface area contributed by atoms with Crippen LogP contribution in [0.3, 0.4) is 0 Å². The maximum Gasteiger partial charge on any atom is 0.342 e. The Bertz CT molecular complexity index is 2220. The zero-order valence-corrected chi connectivity index (χ0v) is 39.2. The number of aliphatic hydroxyl groups excluding tert-OH is 1. The van der Waals surface area contributed by atoms with Gasteiger partial charge in [-0.15, -0.1) is 0 Å². The van der Waals surface area contributed by atoms with Crippen LogP contribution in [0, 0.1) is 66.7 Å². The molecule has 7 unspecified atom stereocenters. The average molecular weight is 1000 g/mol. The summed E-state index contributed by atoms with van der Waals surface area (Å²) in [6.45, 7) is 7.21. The topological polar surface area (TPSA) is 144 Å². The third kappa shape index (κ3) is 5.45. The Labute approximate surface area is 376 Å². The van der Waals surface area contributed by atoms with E-state index in [9.17, 15) is 20.3 Å². The van der Waals surface area contributed by atoms with Crippen LogP contribution in [0.5, 0.6) is 5.75 Å². The molecule has 305 valence electrons. The normalized spacial score (nSPS) is 35.9. The van der Waals surface area contributed by atoms with Gasteiger partial charge in [0.2, 0.25) is 5.60 Å². The van der Waals surface area contributed by atoms with Gasteiger partial charge in [-0.05, 0) is 73.4 Å². The molecule has 2 bridgehead atoms. The van der Waals surface area contributed by atoms with Gasteiger partial charge in [0, 0.05) is 122 Å². The Morgan fingerprint density at radius 3 is 2.59 bits per heavy atom. The van der Waals surface area contributed by atoms with Crippen LogP contribution >= 0.6 is 0 Å². The Balaban J connectivity index is 0.00000469. The number of hydrogen-bond acceptors (Lipinski definition) is 11. The zero-order valence-electron chi connectivity index (χ0n) is 34.5. The number of aromatic amines is 1. The number of esters is 1. The monoisotopic (exact) mass is 1000 g/mol. The number of methoxy groups -OCH3 is 2. The zero-order chi connectivity index (χ0) is 40.1. The molecule has 10 atom stereocenters. The summed E-state index contributed by atoms with van der Waals surface area (Å²) in [4.78, 5) is 36.4. The van der Waals surface area contributed by atoms with Crippen LogP contribution in [0.2, 0.25) is 0 Å². The summed E-state index contributed by atoms with van der Waals surface area (Å²) in [7, 11) is 6.42. The van der Waals surface area contributed by atoms with E-state index in [1.54, 1.807) is 7.11 Å². The van der Waals surface area contributed by atoms with Gasteiger partial charge in [0.05, 0.1) is 45.5 Å². The number of likely N-dealkylation sites (N-methyl/N-ethyl adjacent to an activating group) is 1. The number of H-pyrrole nitrogens is 1. The van der Waals surface area contributed by atoms with Crippen LogP contribution in [-0.4, -0.2) is 122 Å². The molecule has 1 radical (unpaired) electrons. The second-order valence-electron chi connectivity index (χ2n) is 17.2. The smallest absolute Gasteiger partial charge is 0.342 e. The first-order valence-corrected chi connectivity index (χ1v) is 20.5. The number of benzene rings is 2. The number of carbonyl (C=O) groups excluding carboxylic acids is 1. The summed E-state index contributed by atoms with van der Waals surface area (Å²) in [5, 5.41) is 37.0. The minimum atomic E-state index is -2.25. The van der Waals surface area contributed by atoms with Gasteiger partial charge in [0.25, 0.3) is 0 Å². The van der Waals surface area contributed by atoms with Gasteiger partial charge in [-0.2, -0.15) is 5.26 Å². The number of nitriles is 1. The van der Waals surface area contributed by atoms with Gasteiger partial charge in [-0.25, -0.2) is 14.6 Å². The van der Waals surface area contributed by atoms with Crippen molar-refractivity contribution < 1.29 is 78.3 Å². The molecule has 1 saturated carbocycles. The first kappa shape index (κ1) is 41.9. The third-order valence-electron chi connectivity index (χ3n) is 15.1. The Morgan fingerprint density at radius 1 is 1.09 bits per heavy atom. The maximum absolute atomic E-state index is 14.1. The molecule has 58 heavy (non-hydrogen) atoms. The van der Waals surface area contributed by atoms with E-state index < -0.39 is 40.0 Å². The molecule has 2 fully saturated rings. The van der Waals surface area contributed by atoms with Crippen LogP contribution in [0.4, 0.5) is 5.69 Å². The van der Waals surface area contributed by atoms with E-state index in [-0.39, 0.29) is 68.7 Å². The van der Waals surface area contributed by atoms with E-state index in [0.29, 0.717) is 44.5 Å². The molecule has 13 heteroatoms. The standard InChI is InChI=1S/C45H55N5O7.Ac/c1-7-28-20-27-23-43(26-57-56-6,37-30(14-18-50(25-27)35(28)24-46)29-12-9-10-13-33(29)47-37)32-21-31-34(22-36(32)54-4)48(3)39-44(31)16-19-49-17-11-15-42(8-2,38(44)49)40(51)45(39,53)41(52)55-5;/h9-13,15,20-22,27,35,38-40,47,51,53H,7-8,14,16-19,23,25-26H2,1-6H3;/t27-,35?,38?,39?,40?,42+,43?,44+,45?;/m0./s1. The van der Waals surface area contributed by atoms with Gasteiger partial charge < -0.3 is 29.6 Å². The van der Waals surface area contributed by atoms with Crippen molar-refractivity contribution in [2.24, 2.45) is 11.3 Å². The van der Waals surface area contributed by atoms with E-state index >= 15 is 0 Å². The SMILES string of the molecule is CCC1=C[C@@H]2CN(CCc3c([nH]c4ccccc34)C(COOC)(c3cc4c(cc3OC)N(C)C3C(O)(C(=O)OC)C(O)[C@]5(CC)C=CCN6CC[C@]43C65)C2)C1C#N.[Ac]. The van der Waals surface area contributed by atoms with E-state index in [4.69, 9.17) is 19.2 Å². The molecule has 6 heterocycles. The fourth-order valence-electron chi connectivity index (χ4n) is 13.0. The predicted molar refractivity (Wildman–Crippen MR) is 215 cm³/mol.